The van der Waals surface area contributed by atoms with E-state index in [1.165, 1.54) is 0 Å². The third-order valence-electron chi connectivity index (χ3n) is 2.48. The van der Waals surface area contributed by atoms with E-state index in [2.05, 4.69) is 16.1 Å². The number of likely N-dealkylation sites (N-methyl/N-ethyl adjacent to an activating group) is 1. The first kappa shape index (κ1) is 11.5. The summed E-state index contributed by atoms with van der Waals surface area (Å²) < 4.78 is 1.81. The highest BCUT2D eigenvalue weighted by molar-refractivity contribution is 5.23. The summed E-state index contributed by atoms with van der Waals surface area (Å²) in [6.07, 6.45) is 2.41. The van der Waals surface area contributed by atoms with Gasteiger partial charge in [-0.15, -0.1) is 0 Å². The molecular formula is C10H17N5. The first-order chi connectivity index (χ1) is 7.13. The molecule has 0 aliphatic carbocycles. The maximum absolute atomic E-state index is 8.56. The van der Waals surface area contributed by atoms with Crippen LogP contribution in [0.1, 0.15) is 13.3 Å². The van der Waals surface area contributed by atoms with Crippen molar-refractivity contribution in [3.8, 4) is 6.07 Å². The van der Waals surface area contributed by atoms with Crippen LogP contribution in [0.4, 0.5) is 5.82 Å². The number of rotatable bonds is 5. The number of hydrogen-bond donors (Lipinski definition) is 1. The van der Waals surface area contributed by atoms with E-state index in [-0.39, 0.29) is 6.04 Å². The minimum Gasteiger partial charge on any atom is -0.382 e. The molecule has 1 rings (SSSR count). The lowest BCUT2D eigenvalue weighted by atomic mass is 10.2. The van der Waals surface area contributed by atoms with Crippen molar-refractivity contribution in [1.82, 2.24) is 14.7 Å². The number of anilines is 1. The molecule has 5 heteroatoms. The Balaban J connectivity index is 2.34. The van der Waals surface area contributed by atoms with Crippen molar-refractivity contribution in [3.05, 3.63) is 12.3 Å². The lowest BCUT2D eigenvalue weighted by Crippen LogP contribution is -2.31. The molecule has 1 atom stereocenters. The molecule has 1 heterocycles. The van der Waals surface area contributed by atoms with Crippen molar-refractivity contribution in [1.29, 1.82) is 5.26 Å². The van der Waals surface area contributed by atoms with Gasteiger partial charge in [0.05, 0.1) is 19.0 Å². The second kappa shape index (κ2) is 5.37. The standard InChI is InChI=1S/C10H17N5/c1-9(3-5-11)14(2)7-8-15-6-4-10(12)13-15/h4,6,9H,3,7-8H2,1-2H3,(H2,12,13). The van der Waals surface area contributed by atoms with Crippen LogP contribution in [0.25, 0.3) is 0 Å². The molecule has 0 aliphatic heterocycles. The van der Waals surface area contributed by atoms with Crippen LogP contribution < -0.4 is 5.73 Å². The number of nitrogens with two attached hydrogens (primary N) is 1. The van der Waals surface area contributed by atoms with Gasteiger partial charge in [-0.2, -0.15) is 10.4 Å². The van der Waals surface area contributed by atoms with Crippen LogP contribution in [0, 0.1) is 11.3 Å². The molecule has 0 bridgehead atoms. The molecule has 2 N–H and O–H groups in total. The Morgan fingerprint density at radius 2 is 2.47 bits per heavy atom. The number of nitrogen functional groups attached to an aromatic ring is 1. The number of hydrogen-bond acceptors (Lipinski definition) is 4. The zero-order chi connectivity index (χ0) is 11.3. The Hall–Kier alpha value is -1.54. The Labute approximate surface area is 90.1 Å². The van der Waals surface area contributed by atoms with Crippen LogP contribution in [0.15, 0.2) is 12.3 Å². The zero-order valence-corrected chi connectivity index (χ0v) is 9.22. The van der Waals surface area contributed by atoms with Gasteiger partial charge >= 0.3 is 0 Å². The Morgan fingerprint density at radius 3 is 3.00 bits per heavy atom. The molecule has 0 aromatic carbocycles. The number of aromatic nitrogens is 2. The molecule has 0 saturated carbocycles. The summed E-state index contributed by atoms with van der Waals surface area (Å²) in [5.74, 6) is 0.544. The molecule has 1 aromatic rings. The van der Waals surface area contributed by atoms with Gasteiger partial charge in [0.25, 0.3) is 0 Å². The zero-order valence-electron chi connectivity index (χ0n) is 9.22. The molecule has 1 aromatic heterocycles. The highest BCUT2D eigenvalue weighted by Gasteiger charge is 2.08. The maximum Gasteiger partial charge on any atom is 0.145 e. The number of nitriles is 1. The number of nitrogens with zero attached hydrogens (tertiary/aromatic N) is 4. The second-order valence-electron chi connectivity index (χ2n) is 3.70. The summed E-state index contributed by atoms with van der Waals surface area (Å²) in [6, 6.07) is 4.22. The molecule has 0 fully saturated rings. The first-order valence-electron chi connectivity index (χ1n) is 4.99. The predicted molar refractivity (Wildman–Crippen MR) is 59.0 cm³/mol. The molecule has 1 unspecified atom stereocenters. The van der Waals surface area contributed by atoms with E-state index < -0.39 is 0 Å². The van der Waals surface area contributed by atoms with E-state index in [0.717, 1.165) is 13.1 Å². The highest BCUT2D eigenvalue weighted by atomic mass is 15.3. The molecule has 0 saturated heterocycles. The van der Waals surface area contributed by atoms with Crippen LogP contribution >= 0.6 is 0 Å². The molecule has 0 spiro atoms. The monoisotopic (exact) mass is 207 g/mol. The molecular weight excluding hydrogens is 190 g/mol. The second-order valence-corrected chi connectivity index (χ2v) is 3.70. The quantitative estimate of drug-likeness (QED) is 0.771. The normalized spacial score (nSPS) is 12.7. The lowest BCUT2D eigenvalue weighted by Gasteiger charge is -2.22. The van der Waals surface area contributed by atoms with Crippen molar-refractivity contribution in [2.75, 3.05) is 19.3 Å². The summed E-state index contributed by atoms with van der Waals surface area (Å²) in [7, 11) is 2.01. The van der Waals surface area contributed by atoms with Gasteiger partial charge in [-0.25, -0.2) is 0 Å². The largest absolute Gasteiger partial charge is 0.382 e. The first-order valence-corrected chi connectivity index (χ1v) is 4.99. The summed E-state index contributed by atoms with van der Waals surface area (Å²) in [4.78, 5) is 2.14. The SMILES string of the molecule is CC(CC#N)N(C)CCn1ccc(N)n1. The fraction of sp³-hybridized carbons (Fsp3) is 0.600. The highest BCUT2D eigenvalue weighted by Crippen LogP contribution is 2.01. The predicted octanol–water partition coefficient (Wildman–Crippen LogP) is 0.699. The average molecular weight is 207 g/mol. The topological polar surface area (TPSA) is 70.9 Å². The van der Waals surface area contributed by atoms with Crippen LogP contribution in [-0.2, 0) is 6.54 Å². The third-order valence-corrected chi connectivity index (χ3v) is 2.48. The van der Waals surface area contributed by atoms with Crippen molar-refractivity contribution >= 4 is 5.82 Å². The van der Waals surface area contributed by atoms with E-state index in [1.807, 2.05) is 24.9 Å². The Bertz CT molecular complexity index is 338. The summed E-state index contributed by atoms with van der Waals surface area (Å²) in [5.41, 5.74) is 5.50. The van der Waals surface area contributed by atoms with E-state index in [1.54, 1.807) is 6.07 Å². The molecule has 82 valence electrons. The lowest BCUT2D eigenvalue weighted by molar-refractivity contribution is 0.247. The maximum atomic E-state index is 8.56. The Kier molecular flexibility index (Phi) is 4.13. The summed E-state index contributed by atoms with van der Waals surface area (Å²) in [5, 5.41) is 12.7. The van der Waals surface area contributed by atoms with Crippen LogP contribution in [0.3, 0.4) is 0 Å². The van der Waals surface area contributed by atoms with E-state index in [9.17, 15) is 0 Å². The summed E-state index contributed by atoms with van der Waals surface area (Å²) in [6.45, 7) is 3.70. The molecule has 0 radical (unpaired) electrons. The van der Waals surface area contributed by atoms with Crippen molar-refractivity contribution in [2.24, 2.45) is 0 Å². The van der Waals surface area contributed by atoms with Gasteiger partial charge in [-0.3, -0.25) is 4.68 Å². The minimum absolute atomic E-state index is 0.280. The molecule has 0 aliphatic rings. The van der Waals surface area contributed by atoms with Crippen molar-refractivity contribution in [3.63, 3.8) is 0 Å². The van der Waals surface area contributed by atoms with E-state index >= 15 is 0 Å². The van der Waals surface area contributed by atoms with Crippen molar-refractivity contribution < 1.29 is 0 Å². The Morgan fingerprint density at radius 1 is 1.73 bits per heavy atom. The van der Waals surface area contributed by atoms with Crippen LogP contribution in [0.2, 0.25) is 0 Å². The van der Waals surface area contributed by atoms with Gasteiger partial charge in [0, 0.05) is 18.8 Å². The summed E-state index contributed by atoms with van der Waals surface area (Å²) >= 11 is 0. The van der Waals surface area contributed by atoms with Crippen LogP contribution in [-0.4, -0.2) is 34.3 Å². The fourth-order valence-electron chi connectivity index (χ4n) is 1.27. The average Bonchev–Trinajstić information content (AvgIpc) is 2.61. The van der Waals surface area contributed by atoms with E-state index in [4.69, 9.17) is 11.0 Å². The van der Waals surface area contributed by atoms with E-state index in [0.29, 0.717) is 12.2 Å². The molecule has 0 amide bonds. The van der Waals surface area contributed by atoms with Gasteiger partial charge in [0.2, 0.25) is 0 Å². The molecule has 5 nitrogen and oxygen atoms in total. The van der Waals surface area contributed by atoms with Gasteiger partial charge in [0.1, 0.15) is 5.82 Å². The van der Waals surface area contributed by atoms with Crippen molar-refractivity contribution in [2.45, 2.75) is 25.9 Å². The van der Waals surface area contributed by atoms with Gasteiger partial charge < -0.3 is 10.6 Å². The van der Waals surface area contributed by atoms with Gasteiger partial charge in [-0.05, 0) is 20.0 Å². The fourth-order valence-corrected chi connectivity index (χ4v) is 1.27. The van der Waals surface area contributed by atoms with Crippen LogP contribution in [0.5, 0.6) is 0 Å². The molecule has 15 heavy (non-hydrogen) atoms. The van der Waals surface area contributed by atoms with Gasteiger partial charge in [-0.1, -0.05) is 0 Å². The van der Waals surface area contributed by atoms with Gasteiger partial charge in [0.15, 0.2) is 0 Å². The smallest absolute Gasteiger partial charge is 0.145 e. The third kappa shape index (κ3) is 3.60. The minimum atomic E-state index is 0.280.